The Morgan fingerprint density at radius 3 is 2.31 bits per heavy atom. The van der Waals surface area contributed by atoms with E-state index in [9.17, 15) is 14.0 Å². The standard InChI is InChI=1S/C22H21FN2OS.C4H4O4/c23-18-10-8-16(9-11-18)19-7-4-12-25-22(19)27-21(17-5-2-1-3-6-17)20-15-24-13-14-26-20;5-3(6)1-2-4(7)8/h1-12,20-21,24H,13-15H2;1-2H,(H,5,6)(H,7,8)/t20-,21-;/m0./s1. The molecule has 35 heavy (non-hydrogen) atoms. The molecule has 0 bridgehead atoms. The maximum Gasteiger partial charge on any atom is 0.328 e. The number of morpholine rings is 1. The molecule has 3 aromatic rings. The number of nitrogens with one attached hydrogen (secondary N) is 1. The van der Waals surface area contributed by atoms with Crippen molar-refractivity contribution in [3.8, 4) is 11.1 Å². The molecule has 0 amide bonds. The van der Waals surface area contributed by atoms with Gasteiger partial charge in [-0.15, -0.1) is 0 Å². The SMILES string of the molecule is Fc1ccc(-c2cccnc2S[C@@H](c2ccccc2)[C@@H]2CNCCO2)cc1.O=C(O)C=CC(=O)O. The second kappa shape index (κ2) is 13.4. The molecule has 1 aliphatic heterocycles. The fourth-order valence-electron chi connectivity index (χ4n) is 3.38. The number of ether oxygens (including phenoxy) is 1. The Morgan fingerprint density at radius 1 is 1.03 bits per heavy atom. The maximum absolute atomic E-state index is 13.3. The first kappa shape index (κ1) is 26.1. The minimum atomic E-state index is -1.26. The van der Waals surface area contributed by atoms with E-state index in [2.05, 4.69) is 34.6 Å². The van der Waals surface area contributed by atoms with E-state index in [1.807, 2.05) is 18.2 Å². The van der Waals surface area contributed by atoms with Crippen LogP contribution in [0.25, 0.3) is 11.1 Å². The highest BCUT2D eigenvalue weighted by Crippen LogP contribution is 2.42. The van der Waals surface area contributed by atoms with Gasteiger partial charge in [0.2, 0.25) is 0 Å². The molecule has 0 saturated carbocycles. The first-order valence-corrected chi connectivity index (χ1v) is 11.7. The molecule has 1 saturated heterocycles. The van der Waals surface area contributed by atoms with E-state index in [0.717, 1.165) is 29.2 Å². The molecular formula is C26H25FN2O5S. The summed E-state index contributed by atoms with van der Waals surface area (Å²) in [6.45, 7) is 2.40. The van der Waals surface area contributed by atoms with Crippen molar-refractivity contribution in [2.75, 3.05) is 19.7 Å². The molecule has 4 rings (SSSR count). The monoisotopic (exact) mass is 496 g/mol. The van der Waals surface area contributed by atoms with Crippen LogP contribution in [0.2, 0.25) is 0 Å². The number of hydrogen-bond donors (Lipinski definition) is 3. The van der Waals surface area contributed by atoms with Crippen LogP contribution in [-0.2, 0) is 14.3 Å². The molecule has 1 aromatic heterocycles. The van der Waals surface area contributed by atoms with Crippen LogP contribution in [0.15, 0.2) is 90.1 Å². The van der Waals surface area contributed by atoms with Crippen molar-refractivity contribution in [1.29, 1.82) is 0 Å². The molecular weight excluding hydrogens is 471 g/mol. The smallest absolute Gasteiger partial charge is 0.328 e. The quantitative estimate of drug-likeness (QED) is 0.326. The molecule has 0 aliphatic carbocycles. The number of pyridine rings is 1. The minimum Gasteiger partial charge on any atom is -0.478 e. The van der Waals surface area contributed by atoms with Gasteiger partial charge in [0.1, 0.15) is 10.8 Å². The van der Waals surface area contributed by atoms with Crippen molar-refractivity contribution < 1.29 is 28.9 Å². The molecule has 3 N–H and O–H groups in total. The molecule has 9 heteroatoms. The third-order valence-electron chi connectivity index (χ3n) is 4.96. The summed E-state index contributed by atoms with van der Waals surface area (Å²) < 4.78 is 19.4. The third kappa shape index (κ3) is 8.32. The first-order chi connectivity index (χ1) is 16.9. The van der Waals surface area contributed by atoms with Crippen LogP contribution >= 0.6 is 11.8 Å². The number of aromatic nitrogens is 1. The van der Waals surface area contributed by atoms with Gasteiger partial charge in [-0.25, -0.2) is 19.0 Å². The Morgan fingerprint density at radius 2 is 1.71 bits per heavy atom. The Kier molecular flexibility index (Phi) is 9.97. The maximum atomic E-state index is 13.3. The molecule has 0 radical (unpaired) electrons. The van der Waals surface area contributed by atoms with E-state index in [1.165, 1.54) is 17.7 Å². The van der Waals surface area contributed by atoms with Crippen molar-refractivity contribution in [2.45, 2.75) is 16.4 Å². The lowest BCUT2D eigenvalue weighted by atomic mass is 10.1. The molecule has 0 spiro atoms. The third-order valence-corrected chi connectivity index (χ3v) is 6.33. The van der Waals surface area contributed by atoms with Crippen molar-refractivity contribution in [3.63, 3.8) is 0 Å². The topological polar surface area (TPSA) is 109 Å². The number of hydrogen-bond acceptors (Lipinski definition) is 6. The lowest BCUT2D eigenvalue weighted by Gasteiger charge is -2.31. The summed E-state index contributed by atoms with van der Waals surface area (Å²) in [5.74, 6) is -2.75. The summed E-state index contributed by atoms with van der Waals surface area (Å²) in [5.41, 5.74) is 3.18. The average molecular weight is 497 g/mol. The van der Waals surface area contributed by atoms with E-state index in [4.69, 9.17) is 14.9 Å². The van der Waals surface area contributed by atoms with Crippen LogP contribution in [0.3, 0.4) is 0 Å². The van der Waals surface area contributed by atoms with Gasteiger partial charge in [-0.05, 0) is 29.3 Å². The van der Waals surface area contributed by atoms with Gasteiger partial charge in [-0.1, -0.05) is 60.3 Å². The van der Waals surface area contributed by atoms with Gasteiger partial charge < -0.3 is 20.3 Å². The van der Waals surface area contributed by atoms with Crippen molar-refractivity contribution in [1.82, 2.24) is 10.3 Å². The van der Waals surface area contributed by atoms with Crippen molar-refractivity contribution >= 4 is 23.7 Å². The van der Waals surface area contributed by atoms with Crippen molar-refractivity contribution in [2.24, 2.45) is 0 Å². The zero-order valence-corrected chi connectivity index (χ0v) is 19.5. The number of aliphatic carboxylic acids is 2. The predicted molar refractivity (Wildman–Crippen MR) is 132 cm³/mol. The number of rotatable bonds is 7. The number of nitrogens with zero attached hydrogens (tertiary/aromatic N) is 1. The van der Waals surface area contributed by atoms with Gasteiger partial charge in [0.25, 0.3) is 0 Å². The summed E-state index contributed by atoms with van der Waals surface area (Å²) in [6, 6.07) is 20.9. The Balaban J connectivity index is 0.000000371. The van der Waals surface area contributed by atoms with Gasteiger partial charge in [0.05, 0.1) is 18.0 Å². The summed E-state index contributed by atoms with van der Waals surface area (Å²) in [4.78, 5) is 23.7. The highest BCUT2D eigenvalue weighted by atomic mass is 32.2. The molecule has 182 valence electrons. The number of carboxylic acid groups (broad SMARTS) is 2. The molecule has 2 heterocycles. The molecule has 2 aromatic carbocycles. The van der Waals surface area contributed by atoms with Gasteiger partial charge in [0, 0.05) is 37.0 Å². The molecule has 1 aliphatic rings. The normalized spacial score (nSPS) is 16.2. The highest BCUT2D eigenvalue weighted by Gasteiger charge is 2.28. The fourth-order valence-corrected chi connectivity index (χ4v) is 4.67. The van der Waals surface area contributed by atoms with E-state index in [0.29, 0.717) is 18.8 Å². The first-order valence-electron chi connectivity index (χ1n) is 10.8. The van der Waals surface area contributed by atoms with E-state index in [-0.39, 0.29) is 17.2 Å². The molecule has 2 atom stereocenters. The van der Waals surface area contributed by atoms with Crippen LogP contribution < -0.4 is 5.32 Å². The zero-order valence-electron chi connectivity index (χ0n) is 18.7. The van der Waals surface area contributed by atoms with Crippen LogP contribution in [0.4, 0.5) is 4.39 Å². The average Bonchev–Trinajstić information content (AvgIpc) is 2.88. The number of carbonyl (C=O) groups is 2. The number of halogens is 1. The lowest BCUT2D eigenvalue weighted by molar-refractivity contribution is -0.134. The van der Waals surface area contributed by atoms with Gasteiger partial charge in [0.15, 0.2) is 0 Å². The van der Waals surface area contributed by atoms with Crippen LogP contribution in [0.5, 0.6) is 0 Å². The Hall–Kier alpha value is -3.53. The van der Waals surface area contributed by atoms with Crippen LogP contribution in [0.1, 0.15) is 10.8 Å². The second-order valence-electron chi connectivity index (χ2n) is 7.44. The molecule has 1 fully saturated rings. The lowest BCUT2D eigenvalue weighted by Crippen LogP contribution is -2.41. The predicted octanol–water partition coefficient (Wildman–Crippen LogP) is 4.42. The Labute approximate surface area is 206 Å². The summed E-state index contributed by atoms with van der Waals surface area (Å²) >= 11 is 1.70. The van der Waals surface area contributed by atoms with E-state index < -0.39 is 11.9 Å². The van der Waals surface area contributed by atoms with E-state index >= 15 is 0 Å². The van der Waals surface area contributed by atoms with E-state index in [1.54, 1.807) is 30.1 Å². The van der Waals surface area contributed by atoms with Crippen LogP contribution in [-0.4, -0.2) is 52.9 Å². The Bertz CT molecular complexity index is 1120. The minimum absolute atomic E-state index is 0.0641. The fraction of sp³-hybridized carbons (Fsp3) is 0.192. The van der Waals surface area contributed by atoms with Gasteiger partial charge >= 0.3 is 11.9 Å². The summed E-state index contributed by atoms with van der Waals surface area (Å²) in [7, 11) is 0. The van der Waals surface area contributed by atoms with Gasteiger partial charge in [-0.2, -0.15) is 0 Å². The number of carboxylic acids is 2. The highest BCUT2D eigenvalue weighted by molar-refractivity contribution is 7.99. The van der Waals surface area contributed by atoms with Crippen molar-refractivity contribution in [3.05, 3.63) is 96.5 Å². The largest absolute Gasteiger partial charge is 0.478 e. The molecule has 0 unspecified atom stereocenters. The summed E-state index contributed by atoms with van der Waals surface area (Å²) in [5, 5.41) is 20.1. The number of benzene rings is 2. The molecule has 7 nitrogen and oxygen atoms in total. The van der Waals surface area contributed by atoms with Gasteiger partial charge in [-0.3, -0.25) is 0 Å². The van der Waals surface area contributed by atoms with Crippen LogP contribution in [0, 0.1) is 5.82 Å². The summed E-state index contributed by atoms with van der Waals surface area (Å²) in [6.07, 6.45) is 2.98. The number of thioether (sulfide) groups is 1. The second-order valence-corrected chi connectivity index (χ2v) is 8.57. The zero-order chi connectivity index (χ0) is 25.0.